The Labute approximate surface area is 128 Å². The molecular weight excluding hydrogens is 307 g/mol. The van der Waals surface area contributed by atoms with E-state index in [1.165, 1.54) is 0 Å². The Morgan fingerprint density at radius 1 is 1.16 bits per heavy atom. The van der Waals surface area contributed by atoms with Gasteiger partial charge in [0.1, 0.15) is 17.6 Å². The molecule has 0 bridgehead atoms. The molecule has 2 nitrogen and oxygen atoms in total. The number of rotatable bonds is 4. The lowest BCUT2D eigenvalue weighted by Crippen LogP contribution is -2.56. The largest absolute Gasteiger partial charge is 0.487 e. The van der Waals surface area contributed by atoms with Crippen LogP contribution in [0.2, 0.25) is 15.1 Å². The molecule has 0 aromatic heterocycles. The average molecular weight is 322 g/mol. The van der Waals surface area contributed by atoms with Crippen LogP contribution in [0.3, 0.4) is 0 Å². The zero-order valence-electron chi connectivity index (χ0n) is 10.8. The second kappa shape index (κ2) is 5.51. The Balaban J connectivity index is 2.23. The lowest BCUT2D eigenvalue weighted by atomic mass is 9.61. The Kier molecular flexibility index (Phi) is 4.34. The minimum atomic E-state index is -0.380. The Bertz CT molecular complexity index is 510. The third-order valence-electron chi connectivity index (χ3n) is 4.05. The van der Waals surface area contributed by atoms with Crippen molar-refractivity contribution in [2.45, 2.75) is 39.2 Å². The van der Waals surface area contributed by atoms with E-state index in [2.05, 4.69) is 0 Å². The van der Waals surface area contributed by atoms with Crippen molar-refractivity contribution in [2.75, 3.05) is 0 Å². The smallest absolute Gasteiger partial charge is 0.146 e. The minimum absolute atomic E-state index is 0.134. The minimum Gasteiger partial charge on any atom is -0.487 e. The van der Waals surface area contributed by atoms with Gasteiger partial charge in [0.25, 0.3) is 0 Å². The van der Waals surface area contributed by atoms with Crippen LogP contribution in [-0.2, 0) is 4.79 Å². The zero-order valence-corrected chi connectivity index (χ0v) is 13.1. The number of benzene rings is 1. The molecule has 1 fully saturated rings. The highest BCUT2D eigenvalue weighted by Crippen LogP contribution is 2.47. The van der Waals surface area contributed by atoms with E-state index < -0.39 is 0 Å². The van der Waals surface area contributed by atoms with Gasteiger partial charge in [0, 0.05) is 12.5 Å². The average Bonchev–Trinajstić information content (AvgIpc) is 2.36. The second-order valence-electron chi connectivity index (χ2n) is 4.79. The molecule has 19 heavy (non-hydrogen) atoms. The summed E-state index contributed by atoms with van der Waals surface area (Å²) in [5, 5.41) is 1.20. The Morgan fingerprint density at radius 3 is 2.26 bits per heavy atom. The van der Waals surface area contributed by atoms with Crippen molar-refractivity contribution in [3.05, 3.63) is 27.2 Å². The molecule has 104 valence electrons. The molecule has 1 saturated carbocycles. The Hall–Kier alpha value is -0.440. The first-order valence-electron chi connectivity index (χ1n) is 6.29. The molecule has 0 spiro atoms. The van der Waals surface area contributed by atoms with E-state index in [4.69, 9.17) is 39.5 Å². The number of ether oxygens (including phenoxy) is 1. The maximum absolute atomic E-state index is 11.9. The molecule has 1 aromatic carbocycles. The molecule has 0 radical (unpaired) electrons. The number of carbonyl (C=O) groups is 1. The predicted molar refractivity (Wildman–Crippen MR) is 78.5 cm³/mol. The molecule has 0 saturated heterocycles. The molecule has 1 unspecified atom stereocenters. The van der Waals surface area contributed by atoms with Gasteiger partial charge in [0.2, 0.25) is 0 Å². The second-order valence-corrected chi connectivity index (χ2v) is 6.02. The van der Waals surface area contributed by atoms with E-state index >= 15 is 0 Å². The number of hydrogen-bond acceptors (Lipinski definition) is 2. The van der Waals surface area contributed by atoms with E-state index in [1.54, 1.807) is 12.1 Å². The van der Waals surface area contributed by atoms with Crippen molar-refractivity contribution in [3.8, 4) is 5.75 Å². The fourth-order valence-corrected chi connectivity index (χ4v) is 3.20. The first-order chi connectivity index (χ1) is 8.94. The summed E-state index contributed by atoms with van der Waals surface area (Å²) in [6.45, 7) is 4.01. The first-order valence-corrected chi connectivity index (χ1v) is 7.42. The van der Waals surface area contributed by atoms with Crippen LogP contribution in [0.1, 0.15) is 33.1 Å². The van der Waals surface area contributed by atoms with Crippen LogP contribution in [0.5, 0.6) is 5.75 Å². The van der Waals surface area contributed by atoms with Crippen molar-refractivity contribution in [2.24, 2.45) is 5.41 Å². The lowest BCUT2D eigenvalue weighted by molar-refractivity contribution is -0.153. The first kappa shape index (κ1) is 15.0. The molecule has 0 amide bonds. The summed E-state index contributed by atoms with van der Waals surface area (Å²) < 4.78 is 5.89. The van der Waals surface area contributed by atoms with Gasteiger partial charge in [0.15, 0.2) is 0 Å². The van der Waals surface area contributed by atoms with Gasteiger partial charge in [-0.05, 0) is 18.9 Å². The highest BCUT2D eigenvalue weighted by Gasteiger charge is 2.54. The van der Waals surface area contributed by atoms with Gasteiger partial charge < -0.3 is 4.74 Å². The standard InChI is InChI=1S/C14H15Cl3O2/c1-3-14(4-2)12(18)7-13(14)19-11-6-9(16)8(15)5-10(11)17/h5-6,13H,3-4,7H2,1-2H3. The molecular formula is C14H15Cl3O2. The molecule has 2 rings (SSSR count). The maximum Gasteiger partial charge on any atom is 0.146 e. The van der Waals surface area contributed by atoms with Crippen LogP contribution in [0.15, 0.2) is 12.1 Å². The maximum atomic E-state index is 11.9. The summed E-state index contributed by atoms with van der Waals surface area (Å²) in [5.41, 5.74) is -0.380. The monoisotopic (exact) mass is 320 g/mol. The number of hydrogen-bond donors (Lipinski definition) is 0. The number of ketones is 1. The van der Waals surface area contributed by atoms with Crippen LogP contribution in [-0.4, -0.2) is 11.9 Å². The van der Waals surface area contributed by atoms with Crippen molar-refractivity contribution < 1.29 is 9.53 Å². The van der Waals surface area contributed by atoms with Gasteiger partial charge in [-0.25, -0.2) is 0 Å². The van der Waals surface area contributed by atoms with Crippen LogP contribution in [0, 0.1) is 5.41 Å². The molecule has 1 aromatic rings. The Morgan fingerprint density at radius 2 is 1.74 bits per heavy atom. The highest BCUT2D eigenvalue weighted by molar-refractivity contribution is 6.43. The van der Waals surface area contributed by atoms with E-state index in [0.29, 0.717) is 27.2 Å². The highest BCUT2D eigenvalue weighted by atomic mass is 35.5. The van der Waals surface area contributed by atoms with E-state index in [0.717, 1.165) is 12.8 Å². The van der Waals surface area contributed by atoms with Crippen molar-refractivity contribution in [1.82, 2.24) is 0 Å². The number of carbonyl (C=O) groups excluding carboxylic acids is 1. The van der Waals surface area contributed by atoms with E-state index in [9.17, 15) is 4.79 Å². The van der Waals surface area contributed by atoms with Gasteiger partial charge in [-0.1, -0.05) is 48.7 Å². The topological polar surface area (TPSA) is 26.3 Å². The summed E-state index contributed by atoms with van der Waals surface area (Å²) in [7, 11) is 0. The normalized spacial score (nSPS) is 21.1. The van der Waals surface area contributed by atoms with Crippen LogP contribution in [0.25, 0.3) is 0 Å². The summed E-state index contributed by atoms with van der Waals surface area (Å²) in [5.74, 6) is 0.749. The van der Waals surface area contributed by atoms with Gasteiger partial charge >= 0.3 is 0 Å². The summed E-state index contributed by atoms with van der Waals surface area (Å²) in [6, 6.07) is 3.16. The van der Waals surface area contributed by atoms with Gasteiger partial charge in [-0.3, -0.25) is 4.79 Å². The summed E-state index contributed by atoms with van der Waals surface area (Å²) in [6.07, 6.45) is 1.83. The van der Waals surface area contributed by atoms with Gasteiger partial charge in [0.05, 0.1) is 20.5 Å². The van der Waals surface area contributed by atoms with Crippen molar-refractivity contribution >= 4 is 40.6 Å². The van der Waals surface area contributed by atoms with Gasteiger partial charge in [-0.15, -0.1) is 0 Å². The fourth-order valence-electron chi connectivity index (χ4n) is 2.62. The molecule has 5 heteroatoms. The number of Topliss-reactive ketones (excluding diaryl/α,β-unsaturated/α-hetero) is 1. The third-order valence-corrected chi connectivity index (χ3v) is 5.07. The quantitative estimate of drug-likeness (QED) is 0.715. The molecule has 1 aliphatic rings. The van der Waals surface area contributed by atoms with Crippen molar-refractivity contribution in [1.29, 1.82) is 0 Å². The van der Waals surface area contributed by atoms with Crippen LogP contribution in [0.4, 0.5) is 0 Å². The molecule has 1 atom stereocenters. The van der Waals surface area contributed by atoms with E-state index in [1.807, 2.05) is 13.8 Å². The molecule has 0 heterocycles. The van der Waals surface area contributed by atoms with Crippen molar-refractivity contribution in [3.63, 3.8) is 0 Å². The van der Waals surface area contributed by atoms with Crippen LogP contribution >= 0.6 is 34.8 Å². The zero-order chi connectivity index (χ0) is 14.2. The fraction of sp³-hybridized carbons (Fsp3) is 0.500. The predicted octanol–water partition coefficient (Wildman–Crippen LogP) is 5.17. The summed E-state index contributed by atoms with van der Waals surface area (Å²) in [4.78, 5) is 11.9. The van der Waals surface area contributed by atoms with Gasteiger partial charge in [-0.2, -0.15) is 0 Å². The van der Waals surface area contributed by atoms with E-state index in [-0.39, 0.29) is 17.3 Å². The molecule has 1 aliphatic carbocycles. The summed E-state index contributed by atoms with van der Waals surface area (Å²) >= 11 is 17.9. The van der Waals surface area contributed by atoms with Crippen LogP contribution < -0.4 is 4.74 Å². The SMILES string of the molecule is CCC1(CC)C(=O)CC1Oc1cc(Cl)c(Cl)cc1Cl. The third kappa shape index (κ3) is 2.46. The molecule has 0 aliphatic heterocycles. The number of halogens is 3. The molecule has 0 N–H and O–H groups in total. The lowest BCUT2D eigenvalue weighted by Gasteiger charge is -2.46.